The van der Waals surface area contributed by atoms with Gasteiger partial charge in [0.05, 0.1) is 0 Å². The molecule has 0 aliphatic carbocycles. The van der Waals surface area contributed by atoms with Gasteiger partial charge in [0, 0.05) is 0 Å². The average molecular weight is 256 g/mol. The van der Waals surface area contributed by atoms with Crippen LogP contribution in [0.2, 0.25) is 0 Å². The molecule has 3 N–H and O–H groups in total. The molecule has 1 aliphatic rings. The van der Waals surface area contributed by atoms with Crippen molar-refractivity contribution in [2.75, 3.05) is 26.2 Å². The van der Waals surface area contributed by atoms with E-state index >= 15 is 0 Å². The van der Waals surface area contributed by atoms with E-state index in [0.29, 0.717) is 0 Å². The number of aliphatic carboxylic acids is 1. The smallest absolute Gasteiger partial charge is 0.475 e. The van der Waals surface area contributed by atoms with Gasteiger partial charge in [0.25, 0.3) is 0 Å². The lowest BCUT2D eigenvalue weighted by atomic mass is 10.3. The monoisotopic (exact) mass is 256 g/mol. The molecular formula is C10H19F3N2O2. The first kappa shape index (κ1) is 16.2. The molecule has 1 fully saturated rings. The summed E-state index contributed by atoms with van der Waals surface area (Å²) in [5, 5.41) is 7.12. The molecule has 0 radical (unpaired) electrons. The zero-order valence-corrected chi connectivity index (χ0v) is 9.67. The van der Waals surface area contributed by atoms with Crippen molar-refractivity contribution in [2.45, 2.75) is 31.9 Å². The second-order valence-corrected chi connectivity index (χ2v) is 3.85. The number of alkyl halides is 3. The molecule has 1 saturated heterocycles. The summed E-state index contributed by atoms with van der Waals surface area (Å²) in [6.45, 7) is 4.78. The first-order chi connectivity index (χ1) is 7.88. The Morgan fingerprint density at radius 1 is 1.24 bits per heavy atom. The summed E-state index contributed by atoms with van der Waals surface area (Å²) in [6.07, 6.45) is 0.207. The fraction of sp³-hybridized carbons (Fsp3) is 0.900. The topological polar surface area (TPSA) is 66.6 Å². The average Bonchev–Trinajstić information content (AvgIpc) is 2.70. The van der Waals surface area contributed by atoms with Crippen LogP contribution in [0.5, 0.6) is 0 Å². The van der Waals surface area contributed by atoms with Gasteiger partial charge in [-0.15, -0.1) is 0 Å². The minimum absolute atomic E-state index is 0.855. The second kappa shape index (κ2) is 8.30. The number of likely N-dealkylation sites (tertiary alicyclic amines) is 1. The van der Waals surface area contributed by atoms with E-state index in [1.807, 2.05) is 0 Å². The third-order valence-electron chi connectivity index (χ3n) is 2.37. The highest BCUT2D eigenvalue weighted by Gasteiger charge is 2.38. The van der Waals surface area contributed by atoms with Crippen LogP contribution in [0.4, 0.5) is 13.2 Å². The molecule has 0 bridgehead atoms. The number of nitrogens with two attached hydrogens (primary N) is 1. The largest absolute Gasteiger partial charge is 0.490 e. The van der Waals surface area contributed by atoms with Crippen molar-refractivity contribution < 1.29 is 23.1 Å². The number of unbranched alkanes of at least 4 members (excludes halogenated alkanes) is 1. The van der Waals surface area contributed by atoms with Crippen molar-refractivity contribution in [3.63, 3.8) is 0 Å². The predicted molar refractivity (Wildman–Crippen MR) is 57.7 cm³/mol. The minimum atomic E-state index is -5.08. The van der Waals surface area contributed by atoms with Crippen LogP contribution in [0.25, 0.3) is 0 Å². The van der Waals surface area contributed by atoms with Crippen LogP contribution in [0.3, 0.4) is 0 Å². The summed E-state index contributed by atoms with van der Waals surface area (Å²) in [6, 6.07) is 0. The maximum Gasteiger partial charge on any atom is 0.490 e. The van der Waals surface area contributed by atoms with Gasteiger partial charge in [-0.25, -0.2) is 4.79 Å². The van der Waals surface area contributed by atoms with E-state index in [0.717, 1.165) is 6.54 Å². The molecule has 17 heavy (non-hydrogen) atoms. The molecule has 4 nitrogen and oxygen atoms in total. The number of hydrogen-bond acceptors (Lipinski definition) is 3. The Bertz CT molecular complexity index is 216. The highest BCUT2D eigenvalue weighted by Crippen LogP contribution is 2.13. The van der Waals surface area contributed by atoms with Gasteiger partial charge in [-0.2, -0.15) is 13.2 Å². The first-order valence-corrected chi connectivity index (χ1v) is 5.60. The van der Waals surface area contributed by atoms with Crippen LogP contribution in [-0.2, 0) is 4.79 Å². The van der Waals surface area contributed by atoms with Crippen LogP contribution in [0.1, 0.15) is 25.7 Å². The third-order valence-corrected chi connectivity index (χ3v) is 2.37. The van der Waals surface area contributed by atoms with Gasteiger partial charge >= 0.3 is 12.1 Å². The molecule has 0 aromatic carbocycles. The Labute approximate surface area is 98.6 Å². The number of hydrogen-bond donors (Lipinski definition) is 2. The van der Waals surface area contributed by atoms with E-state index in [-0.39, 0.29) is 0 Å². The number of carboxylic acid groups (broad SMARTS) is 1. The van der Waals surface area contributed by atoms with E-state index in [2.05, 4.69) is 4.90 Å². The zero-order chi connectivity index (χ0) is 13.3. The molecule has 0 atom stereocenters. The molecule has 1 rings (SSSR count). The van der Waals surface area contributed by atoms with E-state index in [1.54, 1.807) is 0 Å². The number of carboxylic acids is 1. The second-order valence-electron chi connectivity index (χ2n) is 3.85. The Morgan fingerprint density at radius 3 is 2.06 bits per heavy atom. The number of rotatable bonds is 4. The maximum absolute atomic E-state index is 10.6. The normalized spacial score (nSPS) is 16.5. The van der Waals surface area contributed by atoms with Gasteiger partial charge in [-0.05, 0) is 51.9 Å². The lowest BCUT2D eigenvalue weighted by molar-refractivity contribution is -0.192. The van der Waals surface area contributed by atoms with Crippen molar-refractivity contribution in [2.24, 2.45) is 5.73 Å². The first-order valence-electron chi connectivity index (χ1n) is 5.60. The standard InChI is InChI=1S/C8H18N2.C2HF3O2/c9-5-1-2-6-10-7-3-4-8-10;3-2(4,5)1(6)7/h1-9H2;(H,6,7). The highest BCUT2D eigenvalue weighted by atomic mass is 19.4. The van der Waals surface area contributed by atoms with Crippen LogP contribution in [0.15, 0.2) is 0 Å². The summed E-state index contributed by atoms with van der Waals surface area (Å²) >= 11 is 0. The molecule has 7 heteroatoms. The van der Waals surface area contributed by atoms with Gasteiger partial charge in [0.1, 0.15) is 0 Å². The quantitative estimate of drug-likeness (QED) is 0.747. The lowest BCUT2D eigenvalue weighted by Gasteiger charge is -2.12. The summed E-state index contributed by atoms with van der Waals surface area (Å²) in [7, 11) is 0. The molecule has 1 heterocycles. The van der Waals surface area contributed by atoms with E-state index in [4.69, 9.17) is 15.6 Å². The zero-order valence-electron chi connectivity index (χ0n) is 9.67. The number of carbonyl (C=O) groups is 1. The van der Waals surface area contributed by atoms with Gasteiger partial charge in [0.15, 0.2) is 0 Å². The molecular weight excluding hydrogens is 237 g/mol. The molecule has 0 amide bonds. The summed E-state index contributed by atoms with van der Waals surface area (Å²) in [5.74, 6) is -2.76. The molecule has 0 aromatic heterocycles. The van der Waals surface area contributed by atoms with Crippen molar-refractivity contribution in [3.8, 4) is 0 Å². The summed E-state index contributed by atoms with van der Waals surface area (Å²) in [5.41, 5.74) is 5.39. The summed E-state index contributed by atoms with van der Waals surface area (Å²) in [4.78, 5) is 11.4. The number of nitrogens with zero attached hydrogens (tertiary/aromatic N) is 1. The van der Waals surface area contributed by atoms with Gasteiger partial charge in [-0.3, -0.25) is 0 Å². The lowest BCUT2D eigenvalue weighted by Crippen LogP contribution is -2.21. The van der Waals surface area contributed by atoms with E-state index in [9.17, 15) is 13.2 Å². The van der Waals surface area contributed by atoms with Crippen LogP contribution in [-0.4, -0.2) is 48.3 Å². The SMILES string of the molecule is NCCCCN1CCCC1.O=C(O)C(F)(F)F. The van der Waals surface area contributed by atoms with Crippen molar-refractivity contribution in [1.29, 1.82) is 0 Å². The Hall–Kier alpha value is -0.820. The van der Waals surface area contributed by atoms with Crippen molar-refractivity contribution in [3.05, 3.63) is 0 Å². The van der Waals surface area contributed by atoms with Gasteiger partial charge < -0.3 is 15.7 Å². The fourth-order valence-corrected chi connectivity index (χ4v) is 1.49. The van der Waals surface area contributed by atoms with Gasteiger partial charge in [-0.1, -0.05) is 0 Å². The molecule has 0 saturated carbocycles. The van der Waals surface area contributed by atoms with Crippen LogP contribution >= 0.6 is 0 Å². The Balaban J connectivity index is 0.000000325. The molecule has 0 spiro atoms. The third kappa shape index (κ3) is 8.93. The van der Waals surface area contributed by atoms with Crippen LogP contribution < -0.4 is 5.73 Å². The Morgan fingerprint density at radius 2 is 1.71 bits per heavy atom. The van der Waals surface area contributed by atoms with E-state index < -0.39 is 12.1 Å². The van der Waals surface area contributed by atoms with E-state index in [1.165, 1.54) is 45.3 Å². The maximum atomic E-state index is 10.6. The molecule has 0 unspecified atom stereocenters. The highest BCUT2D eigenvalue weighted by molar-refractivity contribution is 5.73. The predicted octanol–water partition coefficient (Wildman–Crippen LogP) is 1.45. The molecule has 102 valence electrons. The number of halogens is 3. The summed E-state index contributed by atoms with van der Waals surface area (Å²) < 4.78 is 31.7. The molecule has 1 aliphatic heterocycles. The minimum Gasteiger partial charge on any atom is -0.475 e. The fourth-order valence-electron chi connectivity index (χ4n) is 1.49. The Kier molecular flexibility index (Phi) is 7.90. The van der Waals surface area contributed by atoms with Crippen LogP contribution in [0, 0.1) is 0 Å². The van der Waals surface area contributed by atoms with Gasteiger partial charge in [0.2, 0.25) is 0 Å². The van der Waals surface area contributed by atoms with Crippen molar-refractivity contribution >= 4 is 5.97 Å². The molecule has 0 aromatic rings. The van der Waals surface area contributed by atoms with Crippen molar-refractivity contribution in [1.82, 2.24) is 4.90 Å².